The maximum absolute atomic E-state index is 12.8. The summed E-state index contributed by atoms with van der Waals surface area (Å²) >= 11 is 0. The second-order valence-electron chi connectivity index (χ2n) is 6.28. The molecule has 1 aliphatic carbocycles. The summed E-state index contributed by atoms with van der Waals surface area (Å²) in [6.45, 7) is 0.778. The number of nitrogens with zero attached hydrogens (tertiary/aromatic N) is 1. The Morgan fingerprint density at radius 3 is 2.57 bits per heavy atom. The number of sulfonamides is 1. The van der Waals surface area contributed by atoms with Crippen LogP contribution in [0.5, 0.6) is 0 Å². The molecule has 0 radical (unpaired) electrons. The molecule has 2 unspecified atom stereocenters. The van der Waals surface area contributed by atoms with E-state index < -0.39 is 16.1 Å². The van der Waals surface area contributed by atoms with E-state index in [9.17, 15) is 13.2 Å². The number of carbonyl (C=O) groups is 1. The lowest BCUT2D eigenvalue weighted by Crippen LogP contribution is -2.51. The van der Waals surface area contributed by atoms with E-state index in [0.717, 1.165) is 12.8 Å². The van der Waals surface area contributed by atoms with Gasteiger partial charge in [0.2, 0.25) is 15.9 Å². The van der Waals surface area contributed by atoms with Crippen molar-refractivity contribution in [3.05, 3.63) is 30.3 Å². The predicted molar refractivity (Wildman–Crippen MR) is 87.1 cm³/mol. The number of nitrogens with one attached hydrogen (secondary N) is 1. The molecule has 2 atom stereocenters. The minimum atomic E-state index is -3.64. The molecule has 7 heteroatoms. The fourth-order valence-electron chi connectivity index (χ4n) is 3.16. The number of hydrogen-bond acceptors (Lipinski definition) is 4. The van der Waals surface area contributed by atoms with E-state index in [1.165, 1.54) is 4.31 Å². The van der Waals surface area contributed by atoms with Crippen LogP contribution in [0.25, 0.3) is 0 Å². The molecule has 1 aliphatic heterocycles. The van der Waals surface area contributed by atoms with Crippen molar-refractivity contribution in [3.63, 3.8) is 0 Å². The molecular formula is C16H23N3O3S. The Bertz CT molecular complexity index is 658. The fraction of sp³-hybridized carbons (Fsp3) is 0.562. The van der Waals surface area contributed by atoms with Crippen molar-refractivity contribution >= 4 is 15.9 Å². The highest BCUT2D eigenvalue weighted by molar-refractivity contribution is 7.89. The second kappa shape index (κ2) is 6.59. The van der Waals surface area contributed by atoms with Crippen molar-refractivity contribution in [1.29, 1.82) is 0 Å². The van der Waals surface area contributed by atoms with Gasteiger partial charge in [-0.05, 0) is 43.7 Å². The summed E-state index contributed by atoms with van der Waals surface area (Å²) in [4.78, 5) is 12.8. The molecule has 1 saturated carbocycles. The molecule has 1 aromatic rings. The maximum Gasteiger partial charge on any atom is 0.243 e. The largest absolute Gasteiger partial charge is 0.350 e. The van der Waals surface area contributed by atoms with Crippen LogP contribution in [0.2, 0.25) is 0 Å². The molecule has 0 aromatic heterocycles. The minimum Gasteiger partial charge on any atom is -0.350 e. The van der Waals surface area contributed by atoms with Crippen LogP contribution in [0.3, 0.4) is 0 Å². The molecule has 3 N–H and O–H groups in total. The van der Waals surface area contributed by atoms with Gasteiger partial charge in [-0.25, -0.2) is 8.42 Å². The minimum absolute atomic E-state index is 0.0376. The zero-order valence-electron chi connectivity index (χ0n) is 13.0. The topological polar surface area (TPSA) is 92.5 Å². The average molecular weight is 337 g/mol. The highest BCUT2D eigenvalue weighted by Crippen LogP contribution is 2.33. The van der Waals surface area contributed by atoms with Gasteiger partial charge in [0.1, 0.15) is 6.04 Å². The van der Waals surface area contributed by atoms with Gasteiger partial charge in [0.05, 0.1) is 4.90 Å². The van der Waals surface area contributed by atoms with Crippen LogP contribution in [-0.4, -0.2) is 43.8 Å². The van der Waals surface area contributed by atoms with Crippen molar-refractivity contribution in [2.24, 2.45) is 11.7 Å². The summed E-state index contributed by atoms with van der Waals surface area (Å²) in [5.41, 5.74) is 5.73. The SMILES string of the molecule is NCC(NC(=O)C1CCCN1S(=O)(=O)c1ccccc1)C1CC1. The Hall–Kier alpha value is -1.44. The molecule has 2 fully saturated rings. The molecule has 1 aromatic carbocycles. The van der Waals surface area contributed by atoms with E-state index >= 15 is 0 Å². The molecule has 1 saturated heterocycles. The van der Waals surface area contributed by atoms with Crippen molar-refractivity contribution in [2.45, 2.75) is 42.7 Å². The van der Waals surface area contributed by atoms with Gasteiger partial charge < -0.3 is 11.1 Å². The lowest BCUT2D eigenvalue weighted by Gasteiger charge is -2.25. The van der Waals surface area contributed by atoms with Crippen molar-refractivity contribution in [2.75, 3.05) is 13.1 Å². The quantitative estimate of drug-likeness (QED) is 0.799. The van der Waals surface area contributed by atoms with Crippen LogP contribution in [0.1, 0.15) is 25.7 Å². The number of rotatable bonds is 6. The molecule has 2 aliphatic rings. The van der Waals surface area contributed by atoms with E-state index in [-0.39, 0.29) is 16.8 Å². The summed E-state index contributed by atoms with van der Waals surface area (Å²) in [6, 6.07) is 7.61. The number of hydrogen-bond donors (Lipinski definition) is 2. The smallest absolute Gasteiger partial charge is 0.243 e. The third kappa shape index (κ3) is 3.41. The molecule has 126 valence electrons. The van der Waals surface area contributed by atoms with Crippen molar-refractivity contribution < 1.29 is 13.2 Å². The summed E-state index contributed by atoms with van der Waals surface area (Å²) in [7, 11) is -3.64. The first-order chi connectivity index (χ1) is 11.0. The van der Waals surface area contributed by atoms with Gasteiger partial charge in [-0.15, -0.1) is 0 Å². The first kappa shape index (κ1) is 16.4. The van der Waals surface area contributed by atoms with Crippen LogP contribution in [0, 0.1) is 5.92 Å². The Morgan fingerprint density at radius 1 is 1.26 bits per heavy atom. The molecule has 0 bridgehead atoms. The maximum atomic E-state index is 12.8. The molecule has 23 heavy (non-hydrogen) atoms. The van der Waals surface area contributed by atoms with Gasteiger partial charge in [0, 0.05) is 19.1 Å². The van der Waals surface area contributed by atoms with Crippen molar-refractivity contribution in [3.8, 4) is 0 Å². The number of benzene rings is 1. The van der Waals surface area contributed by atoms with Gasteiger partial charge in [-0.3, -0.25) is 4.79 Å². The predicted octanol–water partition coefficient (Wildman–Crippen LogP) is 0.693. The molecule has 1 heterocycles. The molecular weight excluding hydrogens is 314 g/mol. The van der Waals surface area contributed by atoms with Gasteiger partial charge in [0.15, 0.2) is 0 Å². The Morgan fingerprint density at radius 2 is 1.96 bits per heavy atom. The summed E-state index contributed by atoms with van der Waals surface area (Å²) in [6.07, 6.45) is 3.42. The number of amides is 1. The summed E-state index contributed by atoms with van der Waals surface area (Å²) in [5, 5.41) is 2.95. The first-order valence-corrected chi connectivity index (χ1v) is 9.55. The highest BCUT2D eigenvalue weighted by Gasteiger charge is 2.41. The van der Waals surface area contributed by atoms with E-state index in [1.807, 2.05) is 0 Å². The fourth-order valence-corrected chi connectivity index (χ4v) is 4.84. The summed E-state index contributed by atoms with van der Waals surface area (Å²) < 4.78 is 26.9. The van der Waals surface area contributed by atoms with Gasteiger partial charge >= 0.3 is 0 Å². The average Bonchev–Trinajstić information content (AvgIpc) is 3.28. The monoisotopic (exact) mass is 337 g/mol. The molecule has 1 amide bonds. The zero-order valence-corrected chi connectivity index (χ0v) is 13.8. The zero-order chi connectivity index (χ0) is 16.4. The lowest BCUT2D eigenvalue weighted by molar-refractivity contribution is -0.125. The highest BCUT2D eigenvalue weighted by atomic mass is 32.2. The van der Waals surface area contributed by atoms with Crippen LogP contribution < -0.4 is 11.1 Å². The molecule has 3 rings (SSSR count). The third-order valence-corrected chi connectivity index (χ3v) is 6.55. The van der Waals surface area contributed by atoms with E-state index in [1.54, 1.807) is 30.3 Å². The number of carbonyl (C=O) groups excluding carboxylic acids is 1. The standard InChI is InChI=1S/C16H23N3O3S/c17-11-14(12-8-9-12)18-16(20)15-7-4-10-19(15)23(21,22)13-5-2-1-3-6-13/h1-3,5-6,12,14-15H,4,7-11,17H2,(H,18,20). The van der Waals surface area contributed by atoms with Gasteiger partial charge in [0.25, 0.3) is 0 Å². The Balaban J connectivity index is 1.76. The van der Waals surface area contributed by atoms with E-state index in [4.69, 9.17) is 5.73 Å². The molecule has 6 nitrogen and oxygen atoms in total. The third-order valence-electron chi connectivity index (χ3n) is 4.63. The normalized spacial score (nSPS) is 23.6. The van der Waals surface area contributed by atoms with Crippen molar-refractivity contribution in [1.82, 2.24) is 9.62 Å². The van der Waals surface area contributed by atoms with Crippen LogP contribution in [-0.2, 0) is 14.8 Å². The second-order valence-corrected chi connectivity index (χ2v) is 8.17. The summed E-state index contributed by atoms with van der Waals surface area (Å²) in [5.74, 6) is 0.230. The molecule has 0 spiro atoms. The van der Waals surface area contributed by atoms with Gasteiger partial charge in [-0.2, -0.15) is 4.31 Å². The van der Waals surface area contributed by atoms with Gasteiger partial charge in [-0.1, -0.05) is 18.2 Å². The Labute approximate surface area is 137 Å². The van der Waals surface area contributed by atoms with Crippen LogP contribution in [0.15, 0.2) is 35.2 Å². The van der Waals surface area contributed by atoms with Crippen LogP contribution in [0.4, 0.5) is 0 Å². The Kier molecular flexibility index (Phi) is 4.70. The number of nitrogens with two attached hydrogens (primary N) is 1. The first-order valence-electron chi connectivity index (χ1n) is 8.11. The lowest BCUT2D eigenvalue weighted by atomic mass is 10.1. The van der Waals surface area contributed by atoms with E-state index in [0.29, 0.717) is 31.8 Å². The van der Waals surface area contributed by atoms with Crippen LogP contribution >= 0.6 is 0 Å². The van der Waals surface area contributed by atoms with E-state index in [2.05, 4.69) is 5.32 Å².